The maximum Gasteiger partial charge on any atom is 0.258 e. The van der Waals surface area contributed by atoms with Gasteiger partial charge in [-0.25, -0.2) is 4.98 Å². The molecule has 7 nitrogen and oxygen atoms in total. The second-order valence-corrected chi connectivity index (χ2v) is 9.52. The Hall–Kier alpha value is -3.71. The molecular formula is C29H34N6O. The average Bonchev–Trinajstić information content (AvgIpc) is 3.53. The molecule has 1 aliphatic rings. The summed E-state index contributed by atoms with van der Waals surface area (Å²) in [6.45, 7) is 3.63. The minimum Gasteiger partial charge on any atom is -0.303 e. The van der Waals surface area contributed by atoms with Gasteiger partial charge in [0.05, 0.1) is 11.9 Å². The molecule has 2 aromatic carbocycles. The Labute approximate surface area is 212 Å². The monoisotopic (exact) mass is 482 g/mol. The van der Waals surface area contributed by atoms with Crippen molar-refractivity contribution in [2.75, 3.05) is 25.0 Å². The Kier molecular flexibility index (Phi) is 7.57. The van der Waals surface area contributed by atoms with Crippen LogP contribution in [0.15, 0.2) is 73.2 Å². The molecule has 5 rings (SSSR count). The molecule has 1 amide bonds. The van der Waals surface area contributed by atoms with E-state index in [1.807, 2.05) is 72.4 Å². The Balaban J connectivity index is 1.33. The molecule has 1 N–H and O–H groups in total. The molecule has 0 saturated carbocycles. The van der Waals surface area contributed by atoms with Gasteiger partial charge < -0.3 is 4.90 Å². The molecule has 4 aromatic rings. The number of carbonyl (C=O) groups is 1. The standard InChI is InChI=1S/C29H34N6O/c1-33-21-23(20-30-33)26-15-6-7-16-27(26)28(36)32-29-31-24(22-35(29)25-13-4-2-5-14-25)12-8-11-19-34-17-9-3-10-18-34/h2,4-7,13-16,20-22H,3,8-12,17-19H2,1H3,(H,31,32,36). The van der Waals surface area contributed by atoms with Gasteiger partial charge in [0.2, 0.25) is 5.95 Å². The predicted molar refractivity (Wildman–Crippen MR) is 143 cm³/mol. The first-order valence-electron chi connectivity index (χ1n) is 12.9. The summed E-state index contributed by atoms with van der Waals surface area (Å²) in [6.07, 6.45) is 12.9. The average molecular weight is 483 g/mol. The van der Waals surface area contributed by atoms with Crippen molar-refractivity contribution in [1.82, 2.24) is 24.2 Å². The van der Waals surface area contributed by atoms with Crippen molar-refractivity contribution in [2.45, 2.75) is 38.5 Å². The van der Waals surface area contributed by atoms with Crippen LogP contribution in [0.25, 0.3) is 16.8 Å². The Morgan fingerprint density at radius 2 is 1.72 bits per heavy atom. The topological polar surface area (TPSA) is 68.0 Å². The minimum atomic E-state index is -0.186. The number of nitrogens with zero attached hydrogens (tertiary/aromatic N) is 5. The summed E-state index contributed by atoms with van der Waals surface area (Å²) in [5, 5.41) is 7.35. The van der Waals surface area contributed by atoms with Crippen LogP contribution >= 0.6 is 0 Å². The van der Waals surface area contributed by atoms with Gasteiger partial charge in [-0.3, -0.25) is 19.4 Å². The van der Waals surface area contributed by atoms with Crippen LogP contribution in [-0.2, 0) is 13.5 Å². The van der Waals surface area contributed by atoms with E-state index < -0.39 is 0 Å². The van der Waals surface area contributed by atoms with Gasteiger partial charge in [-0.1, -0.05) is 42.8 Å². The minimum absolute atomic E-state index is 0.186. The largest absolute Gasteiger partial charge is 0.303 e. The zero-order chi connectivity index (χ0) is 24.7. The lowest BCUT2D eigenvalue weighted by molar-refractivity contribution is 0.102. The number of likely N-dealkylation sites (tertiary alicyclic amines) is 1. The Bertz CT molecular complexity index is 1290. The lowest BCUT2D eigenvalue weighted by Gasteiger charge is -2.26. The first kappa shape index (κ1) is 24.0. The van der Waals surface area contributed by atoms with E-state index in [9.17, 15) is 4.79 Å². The van der Waals surface area contributed by atoms with E-state index in [1.54, 1.807) is 10.9 Å². The molecule has 0 bridgehead atoms. The van der Waals surface area contributed by atoms with E-state index in [2.05, 4.69) is 21.5 Å². The van der Waals surface area contributed by atoms with Gasteiger partial charge in [0.25, 0.3) is 5.91 Å². The molecule has 0 atom stereocenters. The third-order valence-electron chi connectivity index (χ3n) is 6.81. The number of nitrogens with one attached hydrogen (secondary N) is 1. The molecule has 36 heavy (non-hydrogen) atoms. The van der Waals surface area contributed by atoms with Crippen LogP contribution in [0.2, 0.25) is 0 Å². The third-order valence-corrected chi connectivity index (χ3v) is 6.81. The molecule has 1 fully saturated rings. The lowest BCUT2D eigenvalue weighted by Crippen LogP contribution is -2.30. The maximum atomic E-state index is 13.4. The molecular weight excluding hydrogens is 448 g/mol. The molecule has 186 valence electrons. The van der Waals surface area contributed by atoms with Gasteiger partial charge in [-0.05, 0) is 75.5 Å². The molecule has 0 spiro atoms. The third kappa shape index (κ3) is 5.74. The number of unbranched alkanes of at least 4 members (excludes halogenated alkanes) is 1. The van der Waals surface area contributed by atoms with Gasteiger partial charge in [-0.15, -0.1) is 0 Å². The van der Waals surface area contributed by atoms with Crippen molar-refractivity contribution < 1.29 is 4.79 Å². The van der Waals surface area contributed by atoms with E-state index in [4.69, 9.17) is 4.98 Å². The molecule has 7 heteroatoms. The van der Waals surface area contributed by atoms with Crippen LogP contribution in [0.5, 0.6) is 0 Å². The number of piperidine rings is 1. The van der Waals surface area contributed by atoms with Gasteiger partial charge >= 0.3 is 0 Å². The fourth-order valence-electron chi connectivity index (χ4n) is 4.91. The van der Waals surface area contributed by atoms with Crippen molar-refractivity contribution in [2.24, 2.45) is 7.05 Å². The summed E-state index contributed by atoms with van der Waals surface area (Å²) in [6, 6.07) is 17.6. The van der Waals surface area contributed by atoms with Gasteiger partial charge in [0, 0.05) is 36.3 Å². The smallest absolute Gasteiger partial charge is 0.258 e. The molecule has 2 aromatic heterocycles. The quantitative estimate of drug-likeness (QED) is 0.327. The number of anilines is 1. The molecule has 0 aliphatic carbocycles. The Morgan fingerprint density at radius 1 is 0.944 bits per heavy atom. The highest BCUT2D eigenvalue weighted by Crippen LogP contribution is 2.25. The normalized spacial score (nSPS) is 14.1. The zero-order valence-corrected chi connectivity index (χ0v) is 20.9. The van der Waals surface area contributed by atoms with E-state index in [0.717, 1.165) is 41.9 Å². The van der Waals surface area contributed by atoms with Crippen LogP contribution in [0.3, 0.4) is 0 Å². The Morgan fingerprint density at radius 3 is 2.50 bits per heavy atom. The molecule has 1 saturated heterocycles. The first-order valence-corrected chi connectivity index (χ1v) is 12.9. The summed E-state index contributed by atoms with van der Waals surface area (Å²) in [7, 11) is 1.87. The number of aromatic nitrogens is 4. The number of imidazole rings is 1. The van der Waals surface area contributed by atoms with Crippen molar-refractivity contribution in [3.05, 3.63) is 84.4 Å². The number of hydrogen-bond donors (Lipinski definition) is 1. The number of hydrogen-bond acceptors (Lipinski definition) is 4. The molecule has 0 radical (unpaired) electrons. The molecule has 3 heterocycles. The SMILES string of the molecule is Cn1cc(-c2ccccc2C(=O)Nc2nc(CCCCN3CCCCC3)cn2-c2ccccc2)cn1. The van der Waals surface area contributed by atoms with Gasteiger partial charge in [-0.2, -0.15) is 5.10 Å². The number of para-hydroxylation sites is 1. The maximum absolute atomic E-state index is 13.4. The van der Waals surface area contributed by atoms with Gasteiger partial charge in [0.15, 0.2) is 0 Å². The van der Waals surface area contributed by atoms with Crippen LogP contribution in [-0.4, -0.2) is 49.8 Å². The predicted octanol–water partition coefficient (Wildman–Crippen LogP) is 5.33. The van der Waals surface area contributed by atoms with Crippen molar-refractivity contribution in [3.63, 3.8) is 0 Å². The second-order valence-electron chi connectivity index (χ2n) is 9.52. The van der Waals surface area contributed by atoms with E-state index in [-0.39, 0.29) is 5.91 Å². The second kappa shape index (κ2) is 11.4. The van der Waals surface area contributed by atoms with Crippen LogP contribution < -0.4 is 5.32 Å². The summed E-state index contributed by atoms with van der Waals surface area (Å²) >= 11 is 0. The molecule has 1 aliphatic heterocycles. The van der Waals surface area contributed by atoms with Crippen LogP contribution in [0.4, 0.5) is 5.95 Å². The highest BCUT2D eigenvalue weighted by Gasteiger charge is 2.18. The van der Waals surface area contributed by atoms with Gasteiger partial charge in [0.1, 0.15) is 0 Å². The fraction of sp³-hybridized carbons (Fsp3) is 0.345. The van der Waals surface area contributed by atoms with Crippen LogP contribution in [0.1, 0.15) is 48.2 Å². The van der Waals surface area contributed by atoms with Crippen LogP contribution in [0, 0.1) is 0 Å². The van der Waals surface area contributed by atoms with Crippen molar-refractivity contribution >= 4 is 11.9 Å². The van der Waals surface area contributed by atoms with E-state index in [1.165, 1.54) is 38.8 Å². The lowest BCUT2D eigenvalue weighted by atomic mass is 10.0. The zero-order valence-electron chi connectivity index (χ0n) is 20.9. The first-order chi connectivity index (χ1) is 17.7. The fourth-order valence-corrected chi connectivity index (χ4v) is 4.91. The summed E-state index contributed by atoms with van der Waals surface area (Å²) in [5.41, 5.74) is 4.31. The highest BCUT2D eigenvalue weighted by molar-refractivity contribution is 6.08. The number of benzene rings is 2. The number of aryl methyl sites for hydroxylation is 2. The number of rotatable bonds is 9. The number of carbonyl (C=O) groups excluding carboxylic acids is 1. The summed E-state index contributed by atoms with van der Waals surface area (Å²) in [4.78, 5) is 20.9. The van der Waals surface area contributed by atoms with E-state index in [0.29, 0.717) is 11.5 Å². The molecule has 0 unspecified atom stereocenters. The summed E-state index contributed by atoms with van der Waals surface area (Å²) < 4.78 is 3.72. The van der Waals surface area contributed by atoms with E-state index >= 15 is 0 Å². The highest BCUT2D eigenvalue weighted by atomic mass is 16.1. The number of amides is 1. The van der Waals surface area contributed by atoms with Crippen molar-refractivity contribution in [3.8, 4) is 16.8 Å². The summed E-state index contributed by atoms with van der Waals surface area (Å²) in [5.74, 6) is 0.354. The van der Waals surface area contributed by atoms with Crippen molar-refractivity contribution in [1.29, 1.82) is 0 Å².